The maximum Gasteiger partial charge on any atom is 0.246 e. The number of benzene rings is 1. The molecular weight excluding hydrogens is 413 g/mol. The number of nitrogens with zero attached hydrogens (tertiary/aromatic N) is 1. The topological polar surface area (TPSA) is 87.7 Å². The summed E-state index contributed by atoms with van der Waals surface area (Å²) < 4.78 is 19.4. The van der Waals surface area contributed by atoms with Crippen LogP contribution >= 0.6 is 0 Å². The van der Waals surface area contributed by atoms with Crippen molar-refractivity contribution in [2.24, 2.45) is 11.8 Å². The molecule has 0 radical (unpaired) electrons. The van der Waals surface area contributed by atoms with E-state index in [9.17, 15) is 18.8 Å². The molecule has 1 aromatic carbocycles. The number of nitrogens with one attached hydrogen (secondary N) is 2. The summed E-state index contributed by atoms with van der Waals surface area (Å²) in [6.45, 7) is 5.91. The molecule has 3 heterocycles. The average molecular weight is 442 g/mol. The van der Waals surface area contributed by atoms with Crippen LogP contribution in [0, 0.1) is 17.7 Å². The molecule has 3 fully saturated rings. The lowest BCUT2D eigenvalue weighted by Gasteiger charge is -2.34. The van der Waals surface area contributed by atoms with Crippen LogP contribution in [0.25, 0.3) is 0 Å². The summed E-state index contributed by atoms with van der Waals surface area (Å²) in [6, 6.07) is 5.12. The van der Waals surface area contributed by atoms with Crippen LogP contribution in [0.1, 0.15) is 39.2 Å². The first-order valence-electron chi connectivity index (χ1n) is 11.1. The summed E-state index contributed by atoms with van der Waals surface area (Å²) in [5.74, 6) is -2.52. The van der Waals surface area contributed by atoms with Crippen molar-refractivity contribution in [3.8, 4) is 0 Å². The van der Waals surface area contributed by atoms with Gasteiger partial charge in [-0.3, -0.25) is 14.4 Å². The highest BCUT2D eigenvalue weighted by atomic mass is 19.1. The first kappa shape index (κ1) is 21.1. The number of hydrogen-bond donors (Lipinski definition) is 2. The van der Waals surface area contributed by atoms with Crippen molar-refractivity contribution in [1.29, 1.82) is 0 Å². The van der Waals surface area contributed by atoms with Crippen LogP contribution < -0.4 is 10.6 Å². The monoisotopic (exact) mass is 441 g/mol. The van der Waals surface area contributed by atoms with Crippen LogP contribution in [0.5, 0.6) is 0 Å². The number of carbonyl (C=O) groups is 3. The summed E-state index contributed by atoms with van der Waals surface area (Å²) in [5, 5.41) is 5.87. The van der Waals surface area contributed by atoms with Crippen molar-refractivity contribution >= 4 is 17.7 Å². The van der Waals surface area contributed by atoms with Crippen molar-refractivity contribution < 1.29 is 23.5 Å². The third-order valence-electron chi connectivity index (χ3n) is 6.68. The van der Waals surface area contributed by atoms with Gasteiger partial charge in [0.25, 0.3) is 0 Å². The van der Waals surface area contributed by atoms with Gasteiger partial charge < -0.3 is 20.3 Å². The van der Waals surface area contributed by atoms with Gasteiger partial charge in [0, 0.05) is 18.1 Å². The Balaban J connectivity index is 1.41. The highest BCUT2D eigenvalue weighted by molar-refractivity contribution is 6.00. The van der Waals surface area contributed by atoms with Gasteiger partial charge in [-0.15, -0.1) is 0 Å². The lowest BCUT2D eigenvalue weighted by Crippen LogP contribution is -2.58. The van der Waals surface area contributed by atoms with E-state index in [1.807, 2.05) is 26.8 Å². The third-order valence-corrected chi connectivity index (χ3v) is 6.68. The zero-order chi connectivity index (χ0) is 22.8. The molecule has 0 unspecified atom stereocenters. The van der Waals surface area contributed by atoms with E-state index in [-0.39, 0.29) is 36.1 Å². The van der Waals surface area contributed by atoms with Crippen molar-refractivity contribution in [3.63, 3.8) is 0 Å². The Morgan fingerprint density at radius 2 is 1.88 bits per heavy atom. The molecule has 2 saturated heterocycles. The molecule has 1 aliphatic carbocycles. The highest BCUT2D eigenvalue weighted by Crippen LogP contribution is 2.57. The predicted molar refractivity (Wildman–Crippen MR) is 114 cm³/mol. The first-order valence-corrected chi connectivity index (χ1v) is 11.1. The minimum absolute atomic E-state index is 0.0113. The summed E-state index contributed by atoms with van der Waals surface area (Å²) >= 11 is 0. The second kappa shape index (κ2) is 7.13. The van der Waals surface area contributed by atoms with Crippen LogP contribution in [0.15, 0.2) is 36.4 Å². The van der Waals surface area contributed by atoms with Crippen molar-refractivity contribution in [2.75, 3.05) is 0 Å². The summed E-state index contributed by atoms with van der Waals surface area (Å²) in [5.41, 5.74) is -0.831. The van der Waals surface area contributed by atoms with E-state index in [0.29, 0.717) is 0 Å². The fraction of sp³-hybridized carbons (Fsp3) is 0.542. The van der Waals surface area contributed by atoms with Crippen molar-refractivity contribution in [3.05, 3.63) is 47.8 Å². The predicted octanol–water partition coefficient (Wildman–Crippen LogP) is 1.67. The minimum atomic E-state index is -1.13. The second-order valence-electron chi connectivity index (χ2n) is 10.3. The average Bonchev–Trinajstić information content (AvgIpc) is 3.31. The fourth-order valence-electron chi connectivity index (χ4n) is 5.30. The largest absolute Gasteiger partial charge is 0.359 e. The summed E-state index contributed by atoms with van der Waals surface area (Å²) in [4.78, 5) is 41.8. The van der Waals surface area contributed by atoms with Crippen LogP contribution in [0.3, 0.4) is 0 Å². The smallest absolute Gasteiger partial charge is 0.246 e. The Bertz CT molecular complexity index is 997. The number of halogens is 1. The maximum absolute atomic E-state index is 13.6. The summed E-state index contributed by atoms with van der Waals surface area (Å²) in [6.07, 6.45) is 4.77. The van der Waals surface area contributed by atoms with Crippen molar-refractivity contribution in [2.45, 2.75) is 69.5 Å². The van der Waals surface area contributed by atoms with Gasteiger partial charge in [0.1, 0.15) is 17.5 Å². The SMILES string of the molecule is CC(C)(C)NC(=O)[C@@H]1N(C2CC2)C(=O)[C@H]2[C@@H](C(=O)NCc3ccc(F)cc3)[C@H]3C=C[C@]12O3. The number of amides is 3. The Morgan fingerprint density at radius 1 is 1.19 bits per heavy atom. The minimum Gasteiger partial charge on any atom is -0.359 e. The van der Waals surface area contributed by atoms with Crippen LogP contribution in [0.4, 0.5) is 4.39 Å². The fourth-order valence-corrected chi connectivity index (χ4v) is 5.30. The van der Waals surface area contributed by atoms with Gasteiger partial charge in [0.05, 0.1) is 17.9 Å². The van der Waals surface area contributed by atoms with Gasteiger partial charge in [-0.1, -0.05) is 24.3 Å². The van der Waals surface area contributed by atoms with E-state index in [1.165, 1.54) is 12.1 Å². The van der Waals surface area contributed by atoms with E-state index >= 15 is 0 Å². The molecule has 1 saturated carbocycles. The second-order valence-corrected chi connectivity index (χ2v) is 10.3. The molecule has 5 rings (SSSR count). The Hall–Kier alpha value is -2.74. The zero-order valence-electron chi connectivity index (χ0n) is 18.4. The molecule has 4 aliphatic rings. The molecule has 170 valence electrons. The molecule has 3 aliphatic heterocycles. The van der Waals surface area contributed by atoms with Gasteiger partial charge in [-0.05, 0) is 51.3 Å². The molecule has 3 amide bonds. The molecule has 5 atom stereocenters. The van der Waals surface area contributed by atoms with Crippen molar-refractivity contribution in [1.82, 2.24) is 15.5 Å². The number of ether oxygens (including phenoxy) is 1. The Morgan fingerprint density at radius 3 is 2.50 bits per heavy atom. The number of hydrogen-bond acceptors (Lipinski definition) is 4. The number of rotatable bonds is 5. The molecule has 32 heavy (non-hydrogen) atoms. The number of likely N-dealkylation sites (tertiary alicyclic amines) is 1. The van der Waals surface area contributed by atoms with E-state index in [2.05, 4.69) is 10.6 Å². The molecule has 2 N–H and O–H groups in total. The molecule has 8 heteroatoms. The lowest BCUT2D eigenvalue weighted by molar-refractivity contribution is -0.143. The highest BCUT2D eigenvalue weighted by Gasteiger charge is 2.74. The van der Waals surface area contributed by atoms with Gasteiger partial charge >= 0.3 is 0 Å². The molecular formula is C24H28FN3O4. The molecule has 1 spiro atoms. The van der Waals surface area contributed by atoms with Gasteiger partial charge in [0.15, 0.2) is 0 Å². The maximum atomic E-state index is 13.6. The first-order chi connectivity index (χ1) is 15.1. The van der Waals surface area contributed by atoms with E-state index in [1.54, 1.807) is 23.1 Å². The van der Waals surface area contributed by atoms with Gasteiger partial charge in [-0.25, -0.2) is 4.39 Å². The van der Waals surface area contributed by atoms with E-state index in [0.717, 1.165) is 18.4 Å². The molecule has 2 bridgehead atoms. The molecule has 0 aromatic heterocycles. The van der Waals surface area contributed by atoms with Gasteiger partial charge in [-0.2, -0.15) is 0 Å². The molecule has 7 nitrogen and oxygen atoms in total. The molecule has 1 aromatic rings. The van der Waals surface area contributed by atoms with Crippen LogP contribution in [-0.2, 0) is 25.7 Å². The Labute approximate surface area is 186 Å². The van der Waals surface area contributed by atoms with Crippen LogP contribution in [0.2, 0.25) is 0 Å². The third kappa shape index (κ3) is 3.32. The lowest BCUT2D eigenvalue weighted by atomic mass is 9.74. The number of fused-ring (bicyclic) bond motifs is 1. The standard InChI is InChI=1S/C24H28FN3O4/c1-23(2,3)27-21(30)19-24-11-10-16(32-24)17(18(24)22(31)28(19)15-8-9-15)20(29)26-12-13-4-6-14(25)7-5-13/h4-7,10-11,15-19H,8-9,12H2,1-3H3,(H,26,29)(H,27,30)/t16-,17+,18-,19+,24-/m1/s1. The number of carbonyl (C=O) groups excluding carboxylic acids is 3. The summed E-state index contributed by atoms with van der Waals surface area (Å²) in [7, 11) is 0. The van der Waals surface area contributed by atoms with E-state index < -0.39 is 35.1 Å². The van der Waals surface area contributed by atoms with Crippen LogP contribution in [-0.4, -0.2) is 51.9 Å². The zero-order valence-corrected chi connectivity index (χ0v) is 18.4. The quantitative estimate of drug-likeness (QED) is 0.681. The Kier molecular flexibility index (Phi) is 4.71. The normalized spacial score (nSPS) is 32.9. The van der Waals surface area contributed by atoms with Gasteiger partial charge in [0.2, 0.25) is 17.7 Å². The van der Waals surface area contributed by atoms with E-state index in [4.69, 9.17) is 4.74 Å².